The lowest BCUT2D eigenvalue weighted by Gasteiger charge is -2.22. The van der Waals surface area contributed by atoms with E-state index < -0.39 is 12.1 Å². The van der Waals surface area contributed by atoms with Crippen molar-refractivity contribution in [2.75, 3.05) is 13.2 Å². The Morgan fingerprint density at radius 2 is 0.676 bits per heavy atom. The second-order valence-electron chi connectivity index (χ2n) is 23.2. The van der Waals surface area contributed by atoms with Crippen LogP contribution in [0.4, 0.5) is 0 Å². The quantitative estimate of drug-likeness (QED) is 0.0320. The van der Waals surface area contributed by atoms with E-state index in [4.69, 9.17) is 4.74 Å². The first-order valence-electron chi connectivity index (χ1n) is 33.6. The molecule has 0 saturated carbocycles. The van der Waals surface area contributed by atoms with Crippen LogP contribution < -0.4 is 5.32 Å². The van der Waals surface area contributed by atoms with Crippen LogP contribution in [0.2, 0.25) is 0 Å². The molecule has 3 N–H and O–H groups in total. The van der Waals surface area contributed by atoms with Crippen molar-refractivity contribution in [1.29, 1.82) is 0 Å². The molecule has 0 aliphatic carbocycles. The van der Waals surface area contributed by atoms with Gasteiger partial charge in [0.1, 0.15) is 0 Å². The molecule has 2 unspecified atom stereocenters. The van der Waals surface area contributed by atoms with Crippen molar-refractivity contribution in [3.05, 3.63) is 24.3 Å². The highest BCUT2D eigenvalue weighted by Crippen LogP contribution is 2.19. The SMILES string of the molecule is CCCCCCCCCCCCCCCCCCCCCCCCCCC(O)C(CO)NC(=O)CCCCCCCCCCCCCCCC/C=C\C/C=C\CCOC(=O)CCCCCCCCCCCCCC. The van der Waals surface area contributed by atoms with Gasteiger partial charge in [0.05, 0.1) is 25.4 Å². The van der Waals surface area contributed by atoms with E-state index in [1.807, 2.05) is 0 Å². The molecule has 0 aliphatic heterocycles. The maximum Gasteiger partial charge on any atom is 0.305 e. The summed E-state index contributed by atoms with van der Waals surface area (Å²) in [4.78, 5) is 24.5. The van der Waals surface area contributed by atoms with Gasteiger partial charge in [0.25, 0.3) is 0 Å². The molecule has 0 aliphatic rings. The Kier molecular flexibility index (Phi) is 62.4. The van der Waals surface area contributed by atoms with E-state index in [2.05, 4.69) is 43.5 Å². The smallest absolute Gasteiger partial charge is 0.305 e. The van der Waals surface area contributed by atoms with Crippen molar-refractivity contribution in [1.82, 2.24) is 5.32 Å². The number of hydrogen-bond donors (Lipinski definition) is 3. The van der Waals surface area contributed by atoms with E-state index in [1.54, 1.807) is 0 Å². The number of nitrogens with one attached hydrogen (secondary N) is 1. The first-order valence-corrected chi connectivity index (χ1v) is 33.6. The van der Waals surface area contributed by atoms with Gasteiger partial charge in [-0.2, -0.15) is 0 Å². The average Bonchev–Trinajstić information content (AvgIpc) is 3.40. The van der Waals surface area contributed by atoms with E-state index in [0.717, 1.165) is 51.4 Å². The number of ether oxygens (including phenoxy) is 1. The van der Waals surface area contributed by atoms with Crippen LogP contribution in [0.25, 0.3) is 0 Å². The summed E-state index contributed by atoms with van der Waals surface area (Å²) in [6, 6.07) is -0.546. The molecule has 2 atom stereocenters. The topological polar surface area (TPSA) is 95.9 Å². The number of esters is 1. The van der Waals surface area contributed by atoms with E-state index in [0.29, 0.717) is 25.9 Å². The number of hydrogen-bond acceptors (Lipinski definition) is 5. The summed E-state index contributed by atoms with van der Waals surface area (Å²) >= 11 is 0. The number of aliphatic hydroxyl groups is 2. The molecule has 438 valence electrons. The van der Waals surface area contributed by atoms with Crippen LogP contribution >= 0.6 is 0 Å². The van der Waals surface area contributed by atoms with Crippen LogP contribution in [0.3, 0.4) is 0 Å². The normalized spacial score (nSPS) is 12.6. The highest BCUT2D eigenvalue weighted by Gasteiger charge is 2.20. The monoisotopic (exact) mass is 1040 g/mol. The maximum absolute atomic E-state index is 12.5. The van der Waals surface area contributed by atoms with E-state index >= 15 is 0 Å². The van der Waals surface area contributed by atoms with Crippen LogP contribution in [0.5, 0.6) is 0 Å². The Bertz CT molecular complexity index is 1150. The second kappa shape index (κ2) is 63.9. The molecule has 0 heterocycles. The third-order valence-electron chi connectivity index (χ3n) is 15.8. The van der Waals surface area contributed by atoms with Crippen LogP contribution in [0.15, 0.2) is 24.3 Å². The number of carbonyl (C=O) groups excluding carboxylic acids is 2. The zero-order valence-electron chi connectivity index (χ0n) is 50.1. The molecule has 0 radical (unpaired) electrons. The molecule has 0 rings (SSSR count). The lowest BCUT2D eigenvalue weighted by atomic mass is 10.0. The number of rotatable bonds is 63. The minimum Gasteiger partial charge on any atom is -0.465 e. The van der Waals surface area contributed by atoms with Gasteiger partial charge in [-0.05, 0) is 44.9 Å². The minimum absolute atomic E-state index is 0.0337. The van der Waals surface area contributed by atoms with Gasteiger partial charge in [-0.15, -0.1) is 0 Å². The fourth-order valence-electron chi connectivity index (χ4n) is 10.7. The highest BCUT2D eigenvalue weighted by molar-refractivity contribution is 5.76. The Morgan fingerprint density at radius 1 is 0.378 bits per heavy atom. The Labute approximate surface area is 462 Å². The average molecular weight is 1040 g/mol. The maximum atomic E-state index is 12.5. The number of unbranched alkanes of at least 4 members (excludes halogenated alkanes) is 48. The van der Waals surface area contributed by atoms with Gasteiger partial charge in [0, 0.05) is 12.8 Å². The predicted molar refractivity (Wildman–Crippen MR) is 324 cm³/mol. The summed E-state index contributed by atoms with van der Waals surface area (Å²) in [5.74, 6) is -0.0690. The number of carbonyl (C=O) groups is 2. The molecular formula is C68H131NO5. The third kappa shape index (κ3) is 59.6. The number of amides is 1. The Morgan fingerprint density at radius 3 is 1.03 bits per heavy atom. The molecule has 74 heavy (non-hydrogen) atoms. The minimum atomic E-state index is -0.669. The van der Waals surface area contributed by atoms with Gasteiger partial charge in [0.2, 0.25) is 5.91 Å². The molecule has 0 bridgehead atoms. The van der Waals surface area contributed by atoms with Gasteiger partial charge in [-0.25, -0.2) is 0 Å². The van der Waals surface area contributed by atoms with Gasteiger partial charge in [0.15, 0.2) is 0 Å². The van der Waals surface area contributed by atoms with Gasteiger partial charge in [-0.3, -0.25) is 9.59 Å². The fourth-order valence-corrected chi connectivity index (χ4v) is 10.7. The lowest BCUT2D eigenvalue weighted by Crippen LogP contribution is -2.45. The lowest BCUT2D eigenvalue weighted by molar-refractivity contribution is -0.143. The van der Waals surface area contributed by atoms with Crippen LogP contribution in [-0.2, 0) is 14.3 Å². The van der Waals surface area contributed by atoms with Crippen molar-refractivity contribution in [2.24, 2.45) is 0 Å². The van der Waals surface area contributed by atoms with Gasteiger partial charge in [-0.1, -0.05) is 340 Å². The summed E-state index contributed by atoms with van der Waals surface area (Å²) in [7, 11) is 0. The zero-order valence-corrected chi connectivity index (χ0v) is 50.1. The van der Waals surface area contributed by atoms with Crippen molar-refractivity contribution in [3.8, 4) is 0 Å². The molecule has 1 amide bonds. The molecule has 6 nitrogen and oxygen atoms in total. The van der Waals surface area contributed by atoms with Crippen LogP contribution in [0, 0.1) is 0 Å². The Balaban J connectivity index is 3.44. The van der Waals surface area contributed by atoms with Gasteiger partial charge < -0.3 is 20.3 Å². The van der Waals surface area contributed by atoms with Crippen molar-refractivity contribution < 1.29 is 24.5 Å². The summed E-state index contributed by atoms with van der Waals surface area (Å²) < 4.78 is 5.41. The molecule has 0 aromatic heterocycles. The number of allylic oxidation sites excluding steroid dienone is 3. The largest absolute Gasteiger partial charge is 0.465 e. The van der Waals surface area contributed by atoms with Gasteiger partial charge >= 0.3 is 5.97 Å². The summed E-state index contributed by atoms with van der Waals surface area (Å²) in [6.45, 7) is 4.87. The predicted octanol–water partition coefficient (Wildman–Crippen LogP) is 21.4. The zero-order chi connectivity index (χ0) is 53.6. The standard InChI is InChI=1S/C68H131NO5/c1-3-5-7-9-11-13-15-17-18-19-20-21-22-23-25-28-31-34-37-40-44-48-52-56-60-66(71)65(64-70)69-67(72)61-57-53-49-45-41-38-35-32-29-26-24-27-30-33-36-39-43-47-51-55-59-63-74-68(73)62-58-54-50-46-42-16-14-12-10-8-6-4-2/h39,43,51,55,65-66,70-71H,3-38,40-42,44-50,52-54,56-64H2,1-2H3,(H,69,72)/b43-39-,55-51-. The van der Waals surface area contributed by atoms with E-state index in [1.165, 1.54) is 289 Å². The first kappa shape index (κ1) is 72.3. The van der Waals surface area contributed by atoms with Crippen molar-refractivity contribution in [3.63, 3.8) is 0 Å². The molecule has 0 fully saturated rings. The Hall–Kier alpha value is -1.66. The van der Waals surface area contributed by atoms with E-state index in [-0.39, 0.29) is 18.5 Å². The molecule has 0 saturated heterocycles. The molecular weight excluding hydrogens is 911 g/mol. The summed E-state index contributed by atoms with van der Waals surface area (Å²) in [6.07, 6.45) is 79.4. The highest BCUT2D eigenvalue weighted by atomic mass is 16.5. The fraction of sp³-hybridized carbons (Fsp3) is 0.912. The number of aliphatic hydroxyl groups excluding tert-OH is 2. The first-order chi connectivity index (χ1) is 36.5. The second-order valence-corrected chi connectivity index (χ2v) is 23.2. The molecule has 0 aromatic rings. The molecule has 0 aromatic carbocycles. The summed E-state index contributed by atoms with van der Waals surface area (Å²) in [5, 5.41) is 23.4. The molecule has 6 heteroatoms. The van der Waals surface area contributed by atoms with Crippen molar-refractivity contribution in [2.45, 2.75) is 386 Å². The molecule has 0 spiro atoms. The van der Waals surface area contributed by atoms with Crippen molar-refractivity contribution >= 4 is 11.9 Å². The van der Waals surface area contributed by atoms with Crippen LogP contribution in [0.1, 0.15) is 373 Å². The third-order valence-corrected chi connectivity index (χ3v) is 15.8. The van der Waals surface area contributed by atoms with E-state index in [9.17, 15) is 19.8 Å². The summed E-state index contributed by atoms with van der Waals surface area (Å²) in [5.41, 5.74) is 0. The van der Waals surface area contributed by atoms with Crippen LogP contribution in [-0.4, -0.2) is 47.4 Å².